The lowest BCUT2D eigenvalue weighted by Crippen LogP contribution is -2.54. The fourth-order valence-electron chi connectivity index (χ4n) is 4.24. The van der Waals surface area contributed by atoms with Crippen LogP contribution in [0.4, 0.5) is 35.3 Å². The predicted octanol–water partition coefficient (Wildman–Crippen LogP) is 3.84. The third-order valence-electron chi connectivity index (χ3n) is 6.05. The van der Waals surface area contributed by atoms with E-state index >= 15 is 4.39 Å². The number of hydrogen-bond acceptors (Lipinski definition) is 9. The zero-order chi connectivity index (χ0) is 29.2. The van der Waals surface area contributed by atoms with Crippen LogP contribution in [0, 0.1) is 12.7 Å². The molecule has 3 aromatic heterocycles. The lowest BCUT2D eigenvalue weighted by atomic mass is 9.87. The summed E-state index contributed by atoms with van der Waals surface area (Å²) in [6.45, 7) is 6.68. The van der Waals surface area contributed by atoms with Gasteiger partial charge in [0.05, 0.1) is 41.6 Å². The minimum atomic E-state index is -3.04. The molecule has 0 aliphatic heterocycles. The normalized spacial score (nSPS) is 18.6. The Hall–Kier alpha value is -4.43. The Bertz CT molecular complexity index is 1390. The molecule has 15 heteroatoms. The largest absolute Gasteiger partial charge is 0.444 e. The van der Waals surface area contributed by atoms with E-state index in [0.29, 0.717) is 17.1 Å². The van der Waals surface area contributed by atoms with Crippen molar-refractivity contribution in [2.45, 2.75) is 70.6 Å². The number of alkyl carbamates (subject to hydrolysis) is 1. The zero-order valence-electron chi connectivity index (χ0n) is 22.3. The number of pyridine rings is 2. The van der Waals surface area contributed by atoms with Crippen molar-refractivity contribution < 1.29 is 27.5 Å². The molecule has 3 heterocycles. The van der Waals surface area contributed by atoms with Crippen molar-refractivity contribution in [2.24, 2.45) is 5.73 Å². The van der Waals surface area contributed by atoms with Crippen molar-refractivity contribution in [3.05, 3.63) is 47.8 Å². The van der Waals surface area contributed by atoms with Gasteiger partial charge < -0.3 is 26.4 Å². The number of aromatic nitrogens is 5. The van der Waals surface area contributed by atoms with E-state index < -0.39 is 54.3 Å². The quantitative estimate of drug-likeness (QED) is 0.336. The number of anilines is 3. The predicted molar refractivity (Wildman–Crippen MR) is 139 cm³/mol. The number of primary amides is 1. The summed E-state index contributed by atoms with van der Waals surface area (Å²) in [6, 6.07) is 0.623. The third-order valence-corrected chi connectivity index (χ3v) is 6.05. The molecule has 4 rings (SSSR count). The number of nitrogens with zero attached hydrogens (tertiary/aromatic N) is 5. The van der Waals surface area contributed by atoms with E-state index in [0.717, 1.165) is 6.07 Å². The van der Waals surface area contributed by atoms with E-state index in [-0.39, 0.29) is 23.6 Å². The van der Waals surface area contributed by atoms with Crippen LogP contribution in [0.3, 0.4) is 0 Å². The smallest absolute Gasteiger partial charge is 0.407 e. The van der Waals surface area contributed by atoms with Crippen LogP contribution in [0.25, 0.3) is 5.69 Å². The molecule has 0 unspecified atom stereocenters. The standard InChI is InChI=1S/C25H30F3N9O3/c1-13-19(37-31-7-8-32-37)9-14(12-30-13)33-21-15(20(29)38)10-16(26)22(36-21)34-17-5-6-25(27,28)11-18(17)35-23(39)40-24(2,3)4/h7-10,12,17-18H,5-6,11H2,1-4H3,(H2,29,38)(H,35,39)(H2,33,34,36)/t17-,18+/m1/s1. The molecule has 1 fully saturated rings. The molecule has 2 atom stereocenters. The number of aryl methyl sites for hydroxylation is 1. The van der Waals surface area contributed by atoms with Gasteiger partial charge in [-0.3, -0.25) is 9.78 Å². The fourth-order valence-corrected chi connectivity index (χ4v) is 4.24. The molecule has 0 spiro atoms. The highest BCUT2D eigenvalue weighted by Crippen LogP contribution is 2.35. The second-order valence-corrected chi connectivity index (χ2v) is 10.5. The number of alkyl halides is 2. The maximum Gasteiger partial charge on any atom is 0.407 e. The van der Waals surface area contributed by atoms with Gasteiger partial charge in [-0.25, -0.2) is 22.9 Å². The molecule has 1 aliphatic rings. The number of rotatable bonds is 7. The average molecular weight is 562 g/mol. The van der Waals surface area contributed by atoms with Crippen molar-refractivity contribution in [3.8, 4) is 5.69 Å². The lowest BCUT2D eigenvalue weighted by Gasteiger charge is -2.37. The minimum absolute atomic E-state index is 0.0979. The number of halogens is 3. The Kier molecular flexibility index (Phi) is 7.84. The average Bonchev–Trinajstić information content (AvgIpc) is 3.37. The zero-order valence-corrected chi connectivity index (χ0v) is 22.3. The summed E-state index contributed by atoms with van der Waals surface area (Å²) in [6.07, 6.45) is 2.31. The van der Waals surface area contributed by atoms with Gasteiger partial charge in [-0.05, 0) is 46.2 Å². The SMILES string of the molecule is Cc1ncc(Nc2nc(N[C@@H]3CCC(F)(F)C[C@@H]3NC(=O)OC(C)(C)C)c(F)cc2C(N)=O)cc1-n1nccn1. The Morgan fingerprint density at radius 2 is 1.85 bits per heavy atom. The van der Waals surface area contributed by atoms with Crippen LogP contribution in [0.5, 0.6) is 0 Å². The molecule has 5 N–H and O–H groups in total. The summed E-state index contributed by atoms with van der Waals surface area (Å²) >= 11 is 0. The van der Waals surface area contributed by atoms with Gasteiger partial charge in [0, 0.05) is 18.9 Å². The van der Waals surface area contributed by atoms with Crippen LogP contribution in [0.1, 0.15) is 56.1 Å². The highest BCUT2D eigenvalue weighted by atomic mass is 19.3. The van der Waals surface area contributed by atoms with Gasteiger partial charge in [-0.1, -0.05) is 0 Å². The van der Waals surface area contributed by atoms with Gasteiger partial charge in [0.2, 0.25) is 5.92 Å². The number of nitrogens with two attached hydrogens (primary N) is 1. The molecule has 0 bridgehead atoms. The van der Waals surface area contributed by atoms with Crippen molar-refractivity contribution >= 4 is 29.3 Å². The van der Waals surface area contributed by atoms with Crippen LogP contribution in [0.15, 0.2) is 30.7 Å². The molecular formula is C25H30F3N9O3. The Balaban J connectivity index is 1.62. The molecule has 2 amide bonds. The van der Waals surface area contributed by atoms with E-state index in [2.05, 4.69) is 36.1 Å². The molecule has 1 aliphatic carbocycles. The maximum atomic E-state index is 15.1. The van der Waals surface area contributed by atoms with Crippen LogP contribution in [-0.2, 0) is 4.74 Å². The summed E-state index contributed by atoms with van der Waals surface area (Å²) < 4.78 is 48.8. The number of amides is 2. The van der Waals surface area contributed by atoms with E-state index in [9.17, 15) is 18.4 Å². The Morgan fingerprint density at radius 3 is 2.50 bits per heavy atom. The van der Waals surface area contributed by atoms with E-state index in [4.69, 9.17) is 10.5 Å². The van der Waals surface area contributed by atoms with E-state index in [1.54, 1.807) is 33.8 Å². The van der Waals surface area contributed by atoms with Crippen molar-refractivity contribution in [1.29, 1.82) is 0 Å². The molecule has 1 saturated carbocycles. The van der Waals surface area contributed by atoms with Crippen molar-refractivity contribution in [1.82, 2.24) is 30.3 Å². The van der Waals surface area contributed by atoms with Gasteiger partial charge in [-0.15, -0.1) is 4.80 Å². The van der Waals surface area contributed by atoms with Gasteiger partial charge in [-0.2, -0.15) is 10.2 Å². The van der Waals surface area contributed by atoms with Crippen LogP contribution >= 0.6 is 0 Å². The number of nitrogens with one attached hydrogen (secondary N) is 3. The van der Waals surface area contributed by atoms with E-state index in [1.807, 2.05) is 0 Å². The first-order valence-corrected chi connectivity index (χ1v) is 12.5. The van der Waals surface area contributed by atoms with Gasteiger partial charge in [0.15, 0.2) is 11.6 Å². The molecule has 12 nitrogen and oxygen atoms in total. The minimum Gasteiger partial charge on any atom is -0.444 e. The summed E-state index contributed by atoms with van der Waals surface area (Å²) in [5.74, 6) is -5.34. The second-order valence-electron chi connectivity index (χ2n) is 10.5. The van der Waals surface area contributed by atoms with Gasteiger partial charge >= 0.3 is 6.09 Å². The van der Waals surface area contributed by atoms with Gasteiger partial charge in [0.1, 0.15) is 17.1 Å². The fraction of sp³-hybridized carbons (Fsp3) is 0.440. The number of carbonyl (C=O) groups is 2. The van der Waals surface area contributed by atoms with Crippen molar-refractivity contribution in [2.75, 3.05) is 10.6 Å². The highest BCUT2D eigenvalue weighted by molar-refractivity contribution is 5.98. The third kappa shape index (κ3) is 6.95. The first-order valence-electron chi connectivity index (χ1n) is 12.5. The molecule has 0 saturated heterocycles. The molecule has 3 aromatic rings. The monoisotopic (exact) mass is 561 g/mol. The van der Waals surface area contributed by atoms with Crippen LogP contribution in [0.2, 0.25) is 0 Å². The Labute approximate surface area is 227 Å². The summed E-state index contributed by atoms with van der Waals surface area (Å²) in [7, 11) is 0. The topological polar surface area (TPSA) is 162 Å². The summed E-state index contributed by atoms with van der Waals surface area (Å²) in [5.41, 5.74) is 5.89. The second kappa shape index (κ2) is 11.0. The first kappa shape index (κ1) is 28.6. The van der Waals surface area contributed by atoms with E-state index in [1.165, 1.54) is 23.4 Å². The lowest BCUT2D eigenvalue weighted by molar-refractivity contribution is -0.0476. The number of ether oxygens (including phenoxy) is 1. The Morgan fingerprint density at radius 1 is 1.15 bits per heavy atom. The summed E-state index contributed by atoms with van der Waals surface area (Å²) in [5, 5.41) is 16.4. The maximum absolute atomic E-state index is 15.1. The van der Waals surface area contributed by atoms with Crippen LogP contribution < -0.4 is 21.7 Å². The molecule has 0 aromatic carbocycles. The number of hydrogen-bond donors (Lipinski definition) is 4. The van der Waals surface area contributed by atoms with Gasteiger partial charge in [0.25, 0.3) is 5.91 Å². The number of carbonyl (C=O) groups excluding carboxylic acids is 2. The summed E-state index contributed by atoms with van der Waals surface area (Å²) in [4.78, 5) is 34.3. The van der Waals surface area contributed by atoms with Crippen molar-refractivity contribution in [3.63, 3.8) is 0 Å². The van der Waals surface area contributed by atoms with Crippen LogP contribution in [-0.4, -0.2) is 60.6 Å². The first-order chi connectivity index (χ1) is 18.7. The molecular weight excluding hydrogens is 531 g/mol. The molecule has 40 heavy (non-hydrogen) atoms. The highest BCUT2D eigenvalue weighted by Gasteiger charge is 2.43. The molecule has 214 valence electrons. The molecule has 0 radical (unpaired) electrons.